The standard InChI is InChI=1S/C25H43N3O8S/c1-2-8-31-10-12-33-14-16-35-18-19-36-17-15-34-13-11-32-9-7-26-23(29)6-4-3-5-22-24-21(20-37-22)27-25(30)28-24/h1,21-22,24H,3-20H2,(H,26,29)(H2,27,28,30)/t21-,22-,24-/m0/s1. The third-order valence-electron chi connectivity index (χ3n) is 5.69. The lowest BCUT2D eigenvalue weighted by atomic mass is 10.0. The topological polar surface area (TPSA) is 126 Å². The molecule has 0 saturated carbocycles. The van der Waals surface area contributed by atoms with E-state index in [0.717, 1.165) is 25.0 Å². The van der Waals surface area contributed by atoms with Crippen LogP contribution in [0.2, 0.25) is 0 Å². The Morgan fingerprint density at radius 3 is 2.03 bits per heavy atom. The molecule has 2 aliphatic heterocycles. The summed E-state index contributed by atoms with van der Waals surface area (Å²) in [6.07, 6.45) is 8.43. The number of carbonyl (C=O) groups excluding carboxylic acids is 2. The maximum Gasteiger partial charge on any atom is 0.315 e. The van der Waals surface area contributed by atoms with Crippen LogP contribution in [0.25, 0.3) is 0 Å². The predicted molar refractivity (Wildman–Crippen MR) is 141 cm³/mol. The van der Waals surface area contributed by atoms with Crippen LogP contribution in [-0.2, 0) is 33.2 Å². The van der Waals surface area contributed by atoms with E-state index in [2.05, 4.69) is 21.9 Å². The van der Waals surface area contributed by atoms with Crippen LogP contribution >= 0.6 is 11.8 Å². The summed E-state index contributed by atoms with van der Waals surface area (Å²) in [6.45, 7) is 6.20. The van der Waals surface area contributed by atoms with E-state index < -0.39 is 0 Å². The summed E-state index contributed by atoms with van der Waals surface area (Å²) < 4.78 is 32.2. The molecule has 0 aliphatic carbocycles. The second-order valence-corrected chi connectivity index (χ2v) is 9.81. The Morgan fingerprint density at radius 2 is 1.43 bits per heavy atom. The van der Waals surface area contributed by atoms with Gasteiger partial charge in [0.2, 0.25) is 5.91 Å². The molecule has 2 fully saturated rings. The molecule has 0 spiro atoms. The van der Waals surface area contributed by atoms with Crippen molar-refractivity contribution in [3.63, 3.8) is 0 Å². The number of amides is 3. The molecule has 0 unspecified atom stereocenters. The Hall–Kier alpha value is -1.59. The Kier molecular flexibility index (Phi) is 18.3. The highest BCUT2D eigenvalue weighted by Crippen LogP contribution is 2.33. The first-order valence-electron chi connectivity index (χ1n) is 13.1. The van der Waals surface area contributed by atoms with E-state index in [9.17, 15) is 9.59 Å². The van der Waals surface area contributed by atoms with E-state index in [1.807, 2.05) is 11.8 Å². The minimum absolute atomic E-state index is 0.0481. The van der Waals surface area contributed by atoms with Gasteiger partial charge in [-0.15, -0.1) is 6.42 Å². The minimum atomic E-state index is -0.0573. The molecule has 3 atom stereocenters. The van der Waals surface area contributed by atoms with Crippen molar-refractivity contribution in [1.82, 2.24) is 16.0 Å². The largest absolute Gasteiger partial charge is 0.377 e. The van der Waals surface area contributed by atoms with Crippen molar-refractivity contribution in [1.29, 1.82) is 0 Å². The van der Waals surface area contributed by atoms with Crippen LogP contribution in [0.3, 0.4) is 0 Å². The number of carbonyl (C=O) groups is 2. The van der Waals surface area contributed by atoms with Gasteiger partial charge in [-0.2, -0.15) is 11.8 Å². The quantitative estimate of drug-likeness (QED) is 0.0906. The second kappa shape index (κ2) is 21.4. The van der Waals surface area contributed by atoms with Crippen LogP contribution in [0, 0.1) is 12.3 Å². The number of unbranched alkanes of at least 4 members (excludes halogenated alkanes) is 1. The minimum Gasteiger partial charge on any atom is -0.377 e. The van der Waals surface area contributed by atoms with Crippen LogP contribution in [0.1, 0.15) is 25.7 Å². The molecule has 0 aromatic carbocycles. The highest BCUT2D eigenvalue weighted by Gasteiger charge is 2.42. The summed E-state index contributed by atoms with van der Waals surface area (Å²) in [5.74, 6) is 3.41. The molecule has 0 radical (unpaired) electrons. The molecule has 2 aliphatic rings. The van der Waals surface area contributed by atoms with Crippen molar-refractivity contribution >= 4 is 23.7 Å². The van der Waals surface area contributed by atoms with E-state index >= 15 is 0 Å². The van der Waals surface area contributed by atoms with Gasteiger partial charge in [0.05, 0.1) is 84.8 Å². The third-order valence-corrected chi connectivity index (χ3v) is 7.20. The van der Waals surface area contributed by atoms with Crippen molar-refractivity contribution in [3.05, 3.63) is 0 Å². The number of terminal acetylenes is 1. The second-order valence-electron chi connectivity index (χ2n) is 8.54. The molecule has 12 heteroatoms. The van der Waals surface area contributed by atoms with Gasteiger partial charge in [0.1, 0.15) is 6.61 Å². The van der Waals surface area contributed by atoms with E-state index in [1.54, 1.807) is 0 Å². The van der Waals surface area contributed by atoms with Crippen molar-refractivity contribution in [3.8, 4) is 12.3 Å². The van der Waals surface area contributed by atoms with Gasteiger partial charge < -0.3 is 44.4 Å². The number of urea groups is 1. The summed E-state index contributed by atoms with van der Waals surface area (Å²) in [7, 11) is 0. The number of hydrogen-bond donors (Lipinski definition) is 3. The van der Waals surface area contributed by atoms with E-state index in [-0.39, 0.29) is 24.0 Å². The van der Waals surface area contributed by atoms with Crippen LogP contribution in [-0.4, -0.2) is 121 Å². The molecule has 2 saturated heterocycles. The van der Waals surface area contributed by atoms with Crippen LogP contribution < -0.4 is 16.0 Å². The molecule has 0 bridgehead atoms. The zero-order chi connectivity index (χ0) is 26.4. The summed E-state index contributed by atoms with van der Waals surface area (Å²) in [6, 6.07) is 0.425. The lowest BCUT2D eigenvalue weighted by molar-refractivity contribution is -0.121. The van der Waals surface area contributed by atoms with Crippen molar-refractivity contribution in [2.24, 2.45) is 0 Å². The number of fused-ring (bicyclic) bond motifs is 1. The predicted octanol–water partition coefficient (Wildman–Crippen LogP) is 0.561. The lowest BCUT2D eigenvalue weighted by Gasteiger charge is -2.16. The maximum absolute atomic E-state index is 12.0. The molecule has 3 N–H and O–H groups in total. The SMILES string of the molecule is C#CCOCCOCCOCCOCCOCCOCCNC(=O)CCCC[C@@H]1SC[C@@H]2NC(=O)N[C@@H]21. The molecular weight excluding hydrogens is 502 g/mol. The van der Waals surface area contributed by atoms with Gasteiger partial charge >= 0.3 is 6.03 Å². The Labute approximate surface area is 224 Å². The first-order valence-corrected chi connectivity index (χ1v) is 14.1. The normalized spacial score (nSPS) is 20.3. The van der Waals surface area contributed by atoms with Gasteiger partial charge in [-0.3, -0.25) is 4.79 Å². The number of rotatable bonds is 24. The third kappa shape index (κ3) is 15.4. The Bertz CT molecular complexity index is 666. The Morgan fingerprint density at radius 1 is 0.865 bits per heavy atom. The van der Waals surface area contributed by atoms with E-state index in [0.29, 0.717) is 97.5 Å². The fraction of sp³-hybridized carbons (Fsp3) is 0.840. The molecular formula is C25H43N3O8S. The van der Waals surface area contributed by atoms with Crippen molar-refractivity contribution in [2.75, 3.05) is 91.6 Å². The summed E-state index contributed by atoms with van der Waals surface area (Å²) >= 11 is 1.90. The summed E-state index contributed by atoms with van der Waals surface area (Å²) in [4.78, 5) is 23.4. The van der Waals surface area contributed by atoms with Crippen molar-refractivity contribution < 1.29 is 38.0 Å². The van der Waals surface area contributed by atoms with Gasteiger partial charge in [0.25, 0.3) is 0 Å². The van der Waals surface area contributed by atoms with Gasteiger partial charge in [0.15, 0.2) is 0 Å². The van der Waals surface area contributed by atoms with E-state index in [1.165, 1.54) is 0 Å². The summed E-state index contributed by atoms with van der Waals surface area (Å²) in [5.41, 5.74) is 0. The van der Waals surface area contributed by atoms with Gasteiger partial charge in [-0.1, -0.05) is 12.3 Å². The van der Waals surface area contributed by atoms with Crippen molar-refractivity contribution in [2.45, 2.75) is 43.0 Å². The molecule has 0 aromatic rings. The molecule has 2 rings (SSSR count). The Balaban J connectivity index is 1.23. The maximum atomic E-state index is 12.0. The van der Waals surface area contributed by atoms with Gasteiger partial charge in [-0.05, 0) is 12.8 Å². The molecule has 0 aromatic heterocycles. The molecule has 11 nitrogen and oxygen atoms in total. The fourth-order valence-electron chi connectivity index (χ4n) is 3.86. The zero-order valence-electron chi connectivity index (χ0n) is 21.7. The number of thioether (sulfide) groups is 1. The van der Waals surface area contributed by atoms with Crippen LogP contribution in [0.15, 0.2) is 0 Å². The lowest BCUT2D eigenvalue weighted by Crippen LogP contribution is -2.36. The molecule has 212 valence electrons. The molecule has 37 heavy (non-hydrogen) atoms. The monoisotopic (exact) mass is 545 g/mol. The van der Waals surface area contributed by atoms with Crippen LogP contribution in [0.4, 0.5) is 4.79 Å². The highest BCUT2D eigenvalue weighted by molar-refractivity contribution is 8.00. The first kappa shape index (κ1) is 31.6. The first-order chi connectivity index (χ1) is 18.2. The number of hydrogen-bond acceptors (Lipinski definition) is 9. The zero-order valence-corrected chi connectivity index (χ0v) is 22.5. The average Bonchev–Trinajstić information content (AvgIpc) is 3.44. The fourth-order valence-corrected chi connectivity index (χ4v) is 5.40. The summed E-state index contributed by atoms with van der Waals surface area (Å²) in [5, 5.41) is 9.27. The highest BCUT2D eigenvalue weighted by atomic mass is 32.2. The number of ether oxygens (including phenoxy) is 6. The average molecular weight is 546 g/mol. The molecule has 2 heterocycles. The van der Waals surface area contributed by atoms with Gasteiger partial charge in [-0.25, -0.2) is 4.79 Å². The molecule has 3 amide bonds. The van der Waals surface area contributed by atoms with E-state index in [4.69, 9.17) is 34.8 Å². The van der Waals surface area contributed by atoms with Crippen LogP contribution in [0.5, 0.6) is 0 Å². The smallest absolute Gasteiger partial charge is 0.315 e. The number of nitrogens with one attached hydrogen (secondary N) is 3. The van der Waals surface area contributed by atoms with Gasteiger partial charge in [0, 0.05) is 24.0 Å².